The maximum Gasteiger partial charge on any atom is 0.151 e. The summed E-state index contributed by atoms with van der Waals surface area (Å²) >= 11 is 0. The van der Waals surface area contributed by atoms with Crippen molar-refractivity contribution in [3.63, 3.8) is 0 Å². The molecule has 2 rings (SSSR count). The highest BCUT2D eigenvalue weighted by Crippen LogP contribution is 2.37. The number of nitrogens with two attached hydrogens (primary N) is 1. The third kappa shape index (κ3) is 2.99. The lowest BCUT2D eigenvalue weighted by Gasteiger charge is -2.40. The van der Waals surface area contributed by atoms with Crippen LogP contribution in [0.15, 0.2) is 12.1 Å². The first-order chi connectivity index (χ1) is 8.79. The highest BCUT2D eigenvalue weighted by atomic mass is 19.1. The summed E-state index contributed by atoms with van der Waals surface area (Å²) in [4.78, 5) is 1.99. The van der Waals surface area contributed by atoms with E-state index in [-0.39, 0.29) is 11.1 Å². The van der Waals surface area contributed by atoms with E-state index < -0.39 is 11.6 Å². The minimum Gasteiger partial charge on any atom is -0.395 e. The van der Waals surface area contributed by atoms with E-state index in [9.17, 15) is 8.78 Å². The van der Waals surface area contributed by atoms with Crippen molar-refractivity contribution in [2.45, 2.75) is 33.6 Å². The molecule has 0 saturated carbocycles. The Morgan fingerprint density at radius 3 is 2.26 bits per heavy atom. The highest BCUT2D eigenvalue weighted by molar-refractivity contribution is 5.68. The van der Waals surface area contributed by atoms with Gasteiger partial charge in [0.25, 0.3) is 0 Å². The number of piperidine rings is 1. The lowest BCUT2D eigenvalue weighted by Crippen LogP contribution is -2.38. The summed E-state index contributed by atoms with van der Waals surface area (Å²) in [5.41, 5.74) is 6.54. The molecular formula is C15H22F2N2. The van der Waals surface area contributed by atoms with Gasteiger partial charge in [-0.1, -0.05) is 20.8 Å². The number of hydrogen-bond donors (Lipinski definition) is 1. The molecule has 1 aromatic rings. The van der Waals surface area contributed by atoms with E-state index in [4.69, 9.17) is 5.73 Å². The normalized spacial score (nSPS) is 17.8. The summed E-state index contributed by atoms with van der Waals surface area (Å²) in [5.74, 6) is -0.601. The van der Waals surface area contributed by atoms with Crippen LogP contribution < -0.4 is 10.6 Å². The molecule has 0 amide bonds. The second-order valence-electron chi connectivity index (χ2n) is 6.45. The van der Waals surface area contributed by atoms with Gasteiger partial charge in [0.15, 0.2) is 5.82 Å². The van der Waals surface area contributed by atoms with Crippen molar-refractivity contribution in [2.75, 3.05) is 23.7 Å². The van der Waals surface area contributed by atoms with E-state index in [1.807, 2.05) is 4.90 Å². The fourth-order valence-electron chi connectivity index (χ4n) is 2.82. The smallest absolute Gasteiger partial charge is 0.151 e. The average molecular weight is 268 g/mol. The molecule has 1 aromatic carbocycles. The first-order valence-corrected chi connectivity index (χ1v) is 6.78. The van der Waals surface area contributed by atoms with Crippen LogP contribution in [0.3, 0.4) is 0 Å². The molecule has 0 unspecified atom stereocenters. The summed E-state index contributed by atoms with van der Waals surface area (Å²) in [6.07, 6.45) is 2.06. The van der Waals surface area contributed by atoms with Gasteiger partial charge in [-0.05, 0) is 30.2 Å². The molecule has 1 aliphatic rings. The number of benzene rings is 1. The molecule has 0 spiro atoms. The van der Waals surface area contributed by atoms with E-state index in [2.05, 4.69) is 20.8 Å². The maximum atomic E-state index is 13.5. The number of halogens is 2. The average Bonchev–Trinajstić information content (AvgIpc) is 2.33. The Morgan fingerprint density at radius 2 is 1.74 bits per heavy atom. The van der Waals surface area contributed by atoms with Crippen molar-refractivity contribution in [1.29, 1.82) is 0 Å². The Hall–Kier alpha value is -1.32. The molecule has 1 aliphatic heterocycles. The molecule has 0 atom stereocenters. The second-order valence-corrected chi connectivity index (χ2v) is 6.45. The van der Waals surface area contributed by atoms with Gasteiger partial charge < -0.3 is 10.6 Å². The monoisotopic (exact) mass is 268 g/mol. The lowest BCUT2D eigenvalue weighted by atomic mass is 9.75. The number of nitrogen functional groups attached to an aromatic ring is 1. The van der Waals surface area contributed by atoms with Crippen LogP contribution in [0.2, 0.25) is 0 Å². The summed E-state index contributed by atoms with van der Waals surface area (Å²) in [6, 6.07) is 2.16. The van der Waals surface area contributed by atoms with E-state index in [0.29, 0.717) is 11.6 Å². The predicted octanol–water partition coefficient (Wildman–Crippen LogP) is 3.81. The van der Waals surface area contributed by atoms with Crippen molar-refractivity contribution in [1.82, 2.24) is 0 Å². The first-order valence-electron chi connectivity index (χ1n) is 6.78. The van der Waals surface area contributed by atoms with Gasteiger partial charge in [-0.3, -0.25) is 0 Å². The minimum atomic E-state index is -0.673. The van der Waals surface area contributed by atoms with Gasteiger partial charge in [0.05, 0.1) is 11.4 Å². The second kappa shape index (κ2) is 4.99. The van der Waals surface area contributed by atoms with Crippen LogP contribution in [0.1, 0.15) is 33.6 Å². The SMILES string of the molecule is CC(C)(C)C1CCN(c2cc(F)cc(F)c2N)CC1. The Morgan fingerprint density at radius 1 is 1.16 bits per heavy atom. The van der Waals surface area contributed by atoms with Gasteiger partial charge in [-0.25, -0.2) is 8.78 Å². The Labute approximate surface area is 113 Å². The molecule has 1 saturated heterocycles. The number of hydrogen-bond acceptors (Lipinski definition) is 2. The van der Waals surface area contributed by atoms with Crippen LogP contribution in [0.5, 0.6) is 0 Å². The molecular weight excluding hydrogens is 246 g/mol. The summed E-state index contributed by atoms with van der Waals surface area (Å²) < 4.78 is 26.8. The summed E-state index contributed by atoms with van der Waals surface area (Å²) in [5, 5.41) is 0. The van der Waals surface area contributed by atoms with Crippen molar-refractivity contribution in [3.8, 4) is 0 Å². The van der Waals surface area contributed by atoms with Crippen LogP contribution in [0, 0.1) is 23.0 Å². The zero-order chi connectivity index (χ0) is 14.2. The molecule has 4 heteroatoms. The topological polar surface area (TPSA) is 29.3 Å². The van der Waals surface area contributed by atoms with E-state index in [0.717, 1.165) is 32.0 Å². The van der Waals surface area contributed by atoms with E-state index >= 15 is 0 Å². The fourth-order valence-corrected chi connectivity index (χ4v) is 2.82. The standard InChI is InChI=1S/C15H22F2N2/c1-15(2,3)10-4-6-19(7-5-10)13-9-11(16)8-12(17)14(13)18/h8-10H,4-7,18H2,1-3H3. The zero-order valence-electron chi connectivity index (χ0n) is 11.8. The largest absolute Gasteiger partial charge is 0.395 e. The van der Waals surface area contributed by atoms with Gasteiger partial charge >= 0.3 is 0 Å². The third-order valence-corrected chi connectivity index (χ3v) is 4.13. The summed E-state index contributed by atoms with van der Waals surface area (Å²) in [6.45, 7) is 8.32. The van der Waals surface area contributed by atoms with E-state index in [1.54, 1.807) is 0 Å². The van der Waals surface area contributed by atoms with Crippen LogP contribution in [0.4, 0.5) is 20.2 Å². The molecule has 106 valence electrons. The number of nitrogens with zero attached hydrogens (tertiary/aromatic N) is 1. The Balaban J connectivity index is 2.14. The number of rotatable bonds is 1. The highest BCUT2D eigenvalue weighted by Gasteiger charge is 2.29. The van der Waals surface area contributed by atoms with Gasteiger partial charge in [0, 0.05) is 19.2 Å². The molecule has 0 aliphatic carbocycles. The molecule has 0 radical (unpaired) electrons. The molecule has 1 fully saturated rings. The Bertz CT molecular complexity index is 458. The van der Waals surface area contributed by atoms with Crippen molar-refractivity contribution in [2.24, 2.45) is 11.3 Å². The minimum absolute atomic E-state index is 0.0515. The van der Waals surface area contributed by atoms with Crippen LogP contribution in [-0.4, -0.2) is 13.1 Å². The van der Waals surface area contributed by atoms with Gasteiger partial charge in [-0.2, -0.15) is 0 Å². The lowest BCUT2D eigenvalue weighted by molar-refractivity contribution is 0.199. The van der Waals surface area contributed by atoms with Crippen LogP contribution in [-0.2, 0) is 0 Å². The van der Waals surface area contributed by atoms with Crippen LogP contribution >= 0.6 is 0 Å². The Kier molecular flexibility index (Phi) is 3.70. The van der Waals surface area contributed by atoms with Crippen molar-refractivity contribution < 1.29 is 8.78 Å². The zero-order valence-corrected chi connectivity index (χ0v) is 11.8. The van der Waals surface area contributed by atoms with Crippen molar-refractivity contribution >= 4 is 11.4 Å². The molecule has 0 bridgehead atoms. The molecule has 1 heterocycles. The predicted molar refractivity (Wildman–Crippen MR) is 75.2 cm³/mol. The summed E-state index contributed by atoms with van der Waals surface area (Å²) in [7, 11) is 0. The van der Waals surface area contributed by atoms with Crippen LogP contribution in [0.25, 0.3) is 0 Å². The number of anilines is 2. The third-order valence-electron chi connectivity index (χ3n) is 4.13. The van der Waals surface area contributed by atoms with Gasteiger partial charge in [0.1, 0.15) is 5.82 Å². The van der Waals surface area contributed by atoms with E-state index in [1.165, 1.54) is 6.07 Å². The van der Waals surface area contributed by atoms with Gasteiger partial charge in [0.2, 0.25) is 0 Å². The van der Waals surface area contributed by atoms with Crippen molar-refractivity contribution in [3.05, 3.63) is 23.8 Å². The van der Waals surface area contributed by atoms with Gasteiger partial charge in [-0.15, -0.1) is 0 Å². The maximum absolute atomic E-state index is 13.5. The molecule has 2 nitrogen and oxygen atoms in total. The quantitative estimate of drug-likeness (QED) is 0.785. The molecule has 2 N–H and O–H groups in total. The first kappa shape index (κ1) is 14.1. The molecule has 0 aromatic heterocycles. The molecule has 19 heavy (non-hydrogen) atoms. The fraction of sp³-hybridized carbons (Fsp3) is 0.600.